The molecule has 0 fully saturated rings. The van der Waals surface area contributed by atoms with E-state index in [1.54, 1.807) is 18.2 Å². The van der Waals surface area contributed by atoms with Gasteiger partial charge in [0.05, 0.1) is 23.0 Å². The molecular formula is C21H22N2O3. The van der Waals surface area contributed by atoms with Gasteiger partial charge in [-0.15, -0.1) is 0 Å². The highest BCUT2D eigenvalue weighted by atomic mass is 16.4. The van der Waals surface area contributed by atoms with Gasteiger partial charge >= 0.3 is 0 Å². The first-order valence-corrected chi connectivity index (χ1v) is 8.70. The maximum atomic E-state index is 13.2. The standard InChI is InChI=1S/C21H22N2O3/c1-12(2)15-8-6-9-16(13(3)4)19(15)23-20(24)17-10-5-7-14(11-22-26)18(17)21(23)25/h5-13,26H,1-4H3. The van der Waals surface area contributed by atoms with Crippen LogP contribution in [0, 0.1) is 0 Å². The molecule has 3 rings (SSSR count). The lowest BCUT2D eigenvalue weighted by atomic mass is 9.92. The molecule has 1 heterocycles. The molecule has 0 aliphatic carbocycles. The summed E-state index contributed by atoms with van der Waals surface area (Å²) in [5, 5.41) is 11.9. The second-order valence-electron chi connectivity index (χ2n) is 7.05. The summed E-state index contributed by atoms with van der Waals surface area (Å²) in [7, 11) is 0. The summed E-state index contributed by atoms with van der Waals surface area (Å²) in [5.41, 5.74) is 3.64. The number of anilines is 1. The van der Waals surface area contributed by atoms with E-state index < -0.39 is 0 Å². The Labute approximate surface area is 152 Å². The summed E-state index contributed by atoms with van der Waals surface area (Å²) in [6.07, 6.45) is 1.19. The summed E-state index contributed by atoms with van der Waals surface area (Å²) in [5.74, 6) is -0.401. The van der Waals surface area contributed by atoms with E-state index in [4.69, 9.17) is 5.21 Å². The third-order valence-electron chi connectivity index (χ3n) is 4.71. The van der Waals surface area contributed by atoms with E-state index in [-0.39, 0.29) is 29.2 Å². The van der Waals surface area contributed by atoms with Crippen molar-refractivity contribution in [3.8, 4) is 0 Å². The molecular weight excluding hydrogens is 328 g/mol. The van der Waals surface area contributed by atoms with Crippen molar-refractivity contribution in [3.63, 3.8) is 0 Å². The summed E-state index contributed by atoms with van der Waals surface area (Å²) < 4.78 is 0. The van der Waals surface area contributed by atoms with E-state index in [1.165, 1.54) is 11.1 Å². The van der Waals surface area contributed by atoms with Crippen LogP contribution in [-0.2, 0) is 0 Å². The zero-order valence-electron chi connectivity index (χ0n) is 15.4. The third-order valence-corrected chi connectivity index (χ3v) is 4.71. The van der Waals surface area contributed by atoms with Crippen LogP contribution in [0.1, 0.15) is 76.9 Å². The minimum Gasteiger partial charge on any atom is -0.411 e. The Morgan fingerprint density at radius 2 is 1.50 bits per heavy atom. The number of carbonyl (C=O) groups is 2. The molecule has 0 unspecified atom stereocenters. The van der Waals surface area contributed by atoms with Gasteiger partial charge < -0.3 is 5.21 Å². The van der Waals surface area contributed by atoms with Crippen molar-refractivity contribution in [3.05, 3.63) is 64.2 Å². The van der Waals surface area contributed by atoms with Gasteiger partial charge in [-0.2, -0.15) is 0 Å². The molecule has 1 aliphatic heterocycles. The van der Waals surface area contributed by atoms with Crippen LogP contribution in [0.4, 0.5) is 5.69 Å². The van der Waals surface area contributed by atoms with Gasteiger partial charge in [0.15, 0.2) is 0 Å². The molecule has 2 aromatic carbocycles. The Morgan fingerprint density at radius 3 is 2.04 bits per heavy atom. The van der Waals surface area contributed by atoms with Gasteiger partial charge in [0, 0.05) is 5.56 Å². The molecule has 0 saturated carbocycles. The maximum absolute atomic E-state index is 13.2. The van der Waals surface area contributed by atoms with Crippen LogP contribution >= 0.6 is 0 Å². The number of hydrogen-bond acceptors (Lipinski definition) is 4. The molecule has 0 radical (unpaired) electrons. The predicted molar refractivity (Wildman–Crippen MR) is 102 cm³/mol. The van der Waals surface area contributed by atoms with Gasteiger partial charge in [-0.1, -0.05) is 63.2 Å². The summed E-state index contributed by atoms with van der Waals surface area (Å²) in [6, 6.07) is 10.9. The summed E-state index contributed by atoms with van der Waals surface area (Å²) in [4.78, 5) is 27.6. The maximum Gasteiger partial charge on any atom is 0.266 e. The Morgan fingerprint density at radius 1 is 0.923 bits per heavy atom. The number of rotatable bonds is 4. The summed E-state index contributed by atoms with van der Waals surface area (Å²) in [6.45, 7) is 8.19. The zero-order chi connectivity index (χ0) is 19.0. The van der Waals surface area contributed by atoms with Crippen molar-refractivity contribution < 1.29 is 14.8 Å². The number of hydrogen-bond donors (Lipinski definition) is 1. The molecule has 0 saturated heterocycles. The summed E-state index contributed by atoms with van der Waals surface area (Å²) >= 11 is 0. The van der Waals surface area contributed by atoms with Gasteiger partial charge in [0.25, 0.3) is 11.8 Å². The fourth-order valence-corrected chi connectivity index (χ4v) is 3.45. The molecule has 1 aliphatic rings. The lowest BCUT2D eigenvalue weighted by Crippen LogP contribution is -2.32. The molecule has 0 bridgehead atoms. The zero-order valence-corrected chi connectivity index (χ0v) is 15.4. The first kappa shape index (κ1) is 17.9. The molecule has 1 N–H and O–H groups in total. The molecule has 0 spiro atoms. The van der Waals surface area contributed by atoms with Gasteiger partial charge in [-0.3, -0.25) is 9.59 Å². The van der Waals surface area contributed by atoms with Gasteiger partial charge in [0.2, 0.25) is 0 Å². The van der Waals surface area contributed by atoms with Crippen LogP contribution in [0.15, 0.2) is 41.6 Å². The molecule has 5 heteroatoms. The number of oxime groups is 1. The minimum absolute atomic E-state index is 0.159. The third kappa shape index (κ3) is 2.69. The normalized spacial score (nSPS) is 14.2. The Kier molecular flexibility index (Phi) is 4.64. The SMILES string of the molecule is CC(C)c1cccc(C(C)C)c1N1C(=O)c2cccc(C=NO)c2C1=O. The number of para-hydroxylation sites is 1. The average molecular weight is 350 g/mol. The number of benzene rings is 2. The topological polar surface area (TPSA) is 70.0 Å². The van der Waals surface area contributed by atoms with Gasteiger partial charge in [-0.05, 0) is 29.0 Å². The van der Waals surface area contributed by atoms with Crippen LogP contribution in [-0.4, -0.2) is 23.2 Å². The van der Waals surface area contributed by atoms with Crippen LogP contribution in [0.5, 0.6) is 0 Å². The van der Waals surface area contributed by atoms with Crippen LogP contribution in [0.3, 0.4) is 0 Å². The number of nitrogens with zero attached hydrogens (tertiary/aromatic N) is 2. The smallest absolute Gasteiger partial charge is 0.266 e. The number of imide groups is 1. The van der Waals surface area contributed by atoms with Crippen LogP contribution < -0.4 is 4.90 Å². The highest BCUT2D eigenvalue weighted by molar-refractivity contribution is 6.36. The van der Waals surface area contributed by atoms with Crippen molar-refractivity contribution in [2.45, 2.75) is 39.5 Å². The minimum atomic E-state index is -0.379. The van der Waals surface area contributed by atoms with E-state index in [2.05, 4.69) is 5.16 Å². The molecule has 2 aromatic rings. The van der Waals surface area contributed by atoms with E-state index in [0.717, 1.165) is 11.1 Å². The highest BCUT2D eigenvalue weighted by Gasteiger charge is 2.40. The van der Waals surface area contributed by atoms with Gasteiger partial charge in [0.1, 0.15) is 0 Å². The second-order valence-corrected chi connectivity index (χ2v) is 7.05. The van der Waals surface area contributed by atoms with E-state index in [9.17, 15) is 9.59 Å². The molecule has 0 aromatic heterocycles. The predicted octanol–water partition coefficient (Wildman–Crippen LogP) is 4.54. The van der Waals surface area contributed by atoms with E-state index in [0.29, 0.717) is 16.8 Å². The molecule has 0 atom stereocenters. The number of amides is 2. The Hall–Kier alpha value is -2.95. The van der Waals surface area contributed by atoms with Crippen molar-refractivity contribution >= 4 is 23.7 Å². The van der Waals surface area contributed by atoms with Crippen molar-refractivity contribution in [2.75, 3.05) is 4.90 Å². The first-order chi connectivity index (χ1) is 12.4. The molecule has 2 amide bonds. The Bertz CT molecular complexity index is 887. The van der Waals surface area contributed by atoms with Crippen molar-refractivity contribution in [2.24, 2.45) is 5.16 Å². The average Bonchev–Trinajstić information content (AvgIpc) is 2.86. The monoisotopic (exact) mass is 350 g/mol. The highest BCUT2D eigenvalue weighted by Crippen LogP contribution is 2.39. The van der Waals surface area contributed by atoms with E-state index in [1.807, 2.05) is 45.9 Å². The van der Waals surface area contributed by atoms with Crippen LogP contribution in [0.2, 0.25) is 0 Å². The van der Waals surface area contributed by atoms with Crippen LogP contribution in [0.25, 0.3) is 0 Å². The largest absolute Gasteiger partial charge is 0.411 e. The second kappa shape index (κ2) is 6.75. The van der Waals surface area contributed by atoms with Gasteiger partial charge in [-0.25, -0.2) is 4.90 Å². The molecule has 134 valence electrons. The number of fused-ring (bicyclic) bond motifs is 1. The van der Waals surface area contributed by atoms with Crippen molar-refractivity contribution in [1.29, 1.82) is 0 Å². The fraction of sp³-hybridized carbons (Fsp3) is 0.286. The lowest BCUT2D eigenvalue weighted by Gasteiger charge is -2.25. The molecule has 26 heavy (non-hydrogen) atoms. The van der Waals surface area contributed by atoms with E-state index >= 15 is 0 Å². The fourth-order valence-electron chi connectivity index (χ4n) is 3.45. The first-order valence-electron chi connectivity index (χ1n) is 8.70. The lowest BCUT2D eigenvalue weighted by molar-refractivity contribution is 0.0925. The Balaban J connectivity index is 2.26. The molecule has 5 nitrogen and oxygen atoms in total. The quantitative estimate of drug-likeness (QED) is 0.381. The number of carbonyl (C=O) groups excluding carboxylic acids is 2. The van der Waals surface area contributed by atoms with Crippen molar-refractivity contribution in [1.82, 2.24) is 0 Å².